The minimum atomic E-state index is -2.72. The van der Waals surface area contributed by atoms with Gasteiger partial charge < -0.3 is 0 Å². The number of hydrogen-bond acceptors (Lipinski definition) is 0. The van der Waals surface area contributed by atoms with Gasteiger partial charge in [-0.2, -0.15) is 17.6 Å². The molecule has 0 radical (unpaired) electrons. The quantitative estimate of drug-likeness (QED) is 0.503. The Bertz CT molecular complexity index is 238. The SMILES string of the molecule is FC(F)=C(F)C(F)Cl.FCC(F)=C(F)F. The molecule has 0 aliphatic rings. The summed E-state index contributed by atoms with van der Waals surface area (Å²) in [5.74, 6) is -4.20. The Morgan fingerprint density at radius 3 is 1.33 bits per heavy atom. The number of hydrogen-bond donors (Lipinski definition) is 0. The highest BCUT2D eigenvalue weighted by atomic mass is 35.5. The maximum absolute atomic E-state index is 11.3. The van der Waals surface area contributed by atoms with E-state index in [1.165, 1.54) is 0 Å². The summed E-state index contributed by atoms with van der Waals surface area (Å²) in [6.07, 6.45) is -5.30. The van der Waals surface area contributed by atoms with Crippen molar-refractivity contribution in [3.05, 3.63) is 23.8 Å². The van der Waals surface area contributed by atoms with Gasteiger partial charge in [0.15, 0.2) is 5.83 Å². The third-order valence-corrected chi connectivity index (χ3v) is 0.886. The first kappa shape index (κ1) is 16.6. The minimum absolute atomic E-state index is 1.72. The second-order valence-corrected chi connectivity index (χ2v) is 2.09. The zero-order valence-corrected chi connectivity index (χ0v) is 7.44. The normalized spacial score (nSPS) is 11.0. The third kappa shape index (κ3) is 9.51. The predicted molar refractivity (Wildman–Crippen MR) is 37.4 cm³/mol. The van der Waals surface area contributed by atoms with Crippen LogP contribution in [-0.4, -0.2) is 12.3 Å². The van der Waals surface area contributed by atoms with Gasteiger partial charge in [-0.1, -0.05) is 11.6 Å². The lowest BCUT2D eigenvalue weighted by Gasteiger charge is -1.89. The van der Waals surface area contributed by atoms with E-state index >= 15 is 0 Å². The predicted octanol–water partition coefficient (Wildman–Crippen LogP) is 4.63. The van der Waals surface area contributed by atoms with Crippen molar-refractivity contribution in [1.29, 1.82) is 0 Å². The summed E-state index contributed by atoms with van der Waals surface area (Å²) in [4.78, 5) is 0. The van der Waals surface area contributed by atoms with Crippen molar-refractivity contribution in [2.75, 3.05) is 6.67 Å². The van der Waals surface area contributed by atoms with Gasteiger partial charge >= 0.3 is 12.2 Å². The molecule has 9 heteroatoms. The maximum atomic E-state index is 11.3. The molecule has 90 valence electrons. The van der Waals surface area contributed by atoms with Crippen LogP contribution in [0, 0.1) is 0 Å². The number of allylic oxidation sites excluding steroid dienone is 2. The van der Waals surface area contributed by atoms with Crippen LogP contribution in [0.25, 0.3) is 0 Å². The first-order chi connectivity index (χ1) is 6.73. The van der Waals surface area contributed by atoms with E-state index < -0.39 is 36.1 Å². The molecule has 0 saturated carbocycles. The van der Waals surface area contributed by atoms with Crippen molar-refractivity contribution < 1.29 is 35.1 Å². The van der Waals surface area contributed by atoms with E-state index in [0.29, 0.717) is 0 Å². The topological polar surface area (TPSA) is 0 Å². The van der Waals surface area contributed by atoms with Gasteiger partial charge in [0.25, 0.3) is 0 Å². The number of halogens is 9. The van der Waals surface area contributed by atoms with Gasteiger partial charge in [-0.3, -0.25) is 0 Å². The van der Waals surface area contributed by atoms with Gasteiger partial charge in [0.1, 0.15) is 6.67 Å². The number of rotatable bonds is 2. The van der Waals surface area contributed by atoms with E-state index in [9.17, 15) is 35.1 Å². The number of alkyl halides is 3. The van der Waals surface area contributed by atoms with E-state index in [0.717, 1.165) is 0 Å². The van der Waals surface area contributed by atoms with Crippen LogP contribution in [-0.2, 0) is 0 Å². The molecule has 0 saturated heterocycles. The van der Waals surface area contributed by atoms with E-state index in [1.807, 2.05) is 0 Å². The van der Waals surface area contributed by atoms with Crippen LogP contribution >= 0.6 is 11.6 Å². The van der Waals surface area contributed by atoms with E-state index in [1.54, 1.807) is 0 Å². The lowest BCUT2D eigenvalue weighted by Crippen LogP contribution is -1.88. The molecule has 0 aliphatic heterocycles. The van der Waals surface area contributed by atoms with Crippen LogP contribution in [0.4, 0.5) is 35.1 Å². The van der Waals surface area contributed by atoms with Crippen molar-refractivity contribution in [2.24, 2.45) is 0 Å². The molecule has 0 aromatic carbocycles. The zero-order valence-electron chi connectivity index (χ0n) is 6.69. The summed E-state index contributed by atoms with van der Waals surface area (Å²) in [5, 5.41) is 0. The molecule has 0 aliphatic carbocycles. The van der Waals surface area contributed by atoms with Gasteiger partial charge in [-0.25, -0.2) is 17.6 Å². The van der Waals surface area contributed by atoms with Crippen LogP contribution in [0.2, 0.25) is 0 Å². The van der Waals surface area contributed by atoms with Crippen LogP contribution in [0.15, 0.2) is 23.8 Å². The van der Waals surface area contributed by atoms with Crippen molar-refractivity contribution in [2.45, 2.75) is 5.63 Å². The summed E-state index contributed by atoms with van der Waals surface area (Å²) >= 11 is 4.24. The lowest BCUT2D eigenvalue weighted by atomic mass is 10.6. The average Bonchev–Trinajstić information content (AvgIpc) is 2.15. The van der Waals surface area contributed by atoms with Gasteiger partial charge in [0, 0.05) is 0 Å². The fourth-order valence-corrected chi connectivity index (χ4v) is 0.215. The van der Waals surface area contributed by atoms with E-state index in [2.05, 4.69) is 11.6 Å². The molecule has 1 unspecified atom stereocenters. The molecule has 0 nitrogen and oxygen atoms in total. The fraction of sp³-hybridized carbons (Fsp3) is 0.333. The molecule has 0 aromatic heterocycles. The lowest BCUT2D eigenvalue weighted by molar-refractivity contribution is 0.332. The Hall–Kier alpha value is -0.790. The second kappa shape index (κ2) is 8.51. The second-order valence-electron chi connectivity index (χ2n) is 1.71. The largest absolute Gasteiger partial charge is 0.305 e. The molecular weight excluding hydrogens is 260 g/mol. The molecule has 0 spiro atoms. The minimum Gasteiger partial charge on any atom is -0.243 e. The standard InChI is InChI=1S/C3HClF4.C3H2F4/c4-2(6)1(5)3(7)8;4-1-2(5)3(6)7/h2H;1H2. The van der Waals surface area contributed by atoms with Crippen molar-refractivity contribution >= 4 is 11.6 Å². The van der Waals surface area contributed by atoms with Gasteiger partial charge in [-0.05, 0) is 0 Å². The molecular formula is C6H3ClF8. The summed E-state index contributed by atoms with van der Waals surface area (Å²) in [5.41, 5.74) is -2.72. The third-order valence-electron chi connectivity index (χ3n) is 0.695. The Morgan fingerprint density at radius 1 is 0.933 bits per heavy atom. The Balaban J connectivity index is 0. The molecule has 0 aromatic rings. The highest BCUT2D eigenvalue weighted by molar-refractivity contribution is 6.21. The van der Waals surface area contributed by atoms with Crippen LogP contribution in [0.3, 0.4) is 0 Å². The monoisotopic (exact) mass is 262 g/mol. The molecule has 0 amide bonds. The Kier molecular flexibility index (Phi) is 9.44. The first-order valence-corrected chi connectivity index (χ1v) is 3.42. The highest BCUT2D eigenvalue weighted by Gasteiger charge is 2.14. The van der Waals surface area contributed by atoms with Crippen LogP contribution < -0.4 is 0 Å². The molecule has 15 heavy (non-hydrogen) atoms. The summed E-state index contributed by atoms with van der Waals surface area (Å²) in [7, 11) is 0. The van der Waals surface area contributed by atoms with Crippen LogP contribution in [0.1, 0.15) is 0 Å². The van der Waals surface area contributed by atoms with E-state index in [-0.39, 0.29) is 0 Å². The van der Waals surface area contributed by atoms with E-state index in [4.69, 9.17) is 0 Å². The van der Waals surface area contributed by atoms with Crippen molar-refractivity contribution in [1.82, 2.24) is 0 Å². The molecule has 0 fully saturated rings. The highest BCUT2D eigenvalue weighted by Crippen LogP contribution is 2.18. The molecule has 0 heterocycles. The molecule has 0 rings (SSSR count). The van der Waals surface area contributed by atoms with Gasteiger partial charge in [-0.15, -0.1) is 0 Å². The fourth-order valence-electron chi connectivity index (χ4n) is 0.133. The van der Waals surface area contributed by atoms with Gasteiger partial charge in [0.05, 0.1) is 0 Å². The molecule has 1 atom stereocenters. The van der Waals surface area contributed by atoms with Crippen molar-refractivity contribution in [3.63, 3.8) is 0 Å². The summed E-state index contributed by atoms with van der Waals surface area (Å²) in [6, 6.07) is 0. The maximum Gasteiger partial charge on any atom is 0.305 e. The first-order valence-electron chi connectivity index (χ1n) is 2.98. The Morgan fingerprint density at radius 2 is 1.33 bits per heavy atom. The smallest absolute Gasteiger partial charge is 0.243 e. The molecule has 0 N–H and O–H groups in total. The summed E-state index contributed by atoms with van der Waals surface area (Å²) < 4.78 is 87.3. The molecule has 0 bridgehead atoms. The van der Waals surface area contributed by atoms with Crippen molar-refractivity contribution in [3.8, 4) is 0 Å². The average molecular weight is 263 g/mol. The van der Waals surface area contributed by atoms with Gasteiger partial charge in [0.2, 0.25) is 11.5 Å². The van der Waals surface area contributed by atoms with Crippen LogP contribution in [0.5, 0.6) is 0 Å². The summed E-state index contributed by atoms with van der Waals surface area (Å²) in [6.45, 7) is -1.72. The Labute approximate surface area is 83.8 Å². The zero-order chi connectivity index (χ0) is 12.6.